The van der Waals surface area contributed by atoms with Gasteiger partial charge in [0.1, 0.15) is 5.75 Å². The quantitative estimate of drug-likeness (QED) is 0.422. The average Bonchev–Trinajstić information content (AvgIpc) is 2.65. The standard InChI is InChI=1S/C23H35NO/c1-3-5-6-7-8-9-12-18-25-23-16-15-20(19-24-17-4-2)21-13-10-11-14-22(21)23/h10-11,13-16,24H,3-9,12,17-19H2,1-2H3. The predicted octanol–water partition coefficient (Wildman–Crippen LogP) is 6.47. The number of nitrogens with one attached hydrogen (secondary N) is 1. The summed E-state index contributed by atoms with van der Waals surface area (Å²) in [7, 11) is 0. The Morgan fingerprint density at radius 1 is 0.760 bits per heavy atom. The van der Waals surface area contributed by atoms with Crippen LogP contribution in [0.5, 0.6) is 5.75 Å². The summed E-state index contributed by atoms with van der Waals surface area (Å²) in [6.07, 6.45) is 10.4. The highest BCUT2D eigenvalue weighted by Gasteiger charge is 2.06. The summed E-state index contributed by atoms with van der Waals surface area (Å²) in [4.78, 5) is 0. The van der Waals surface area contributed by atoms with Gasteiger partial charge in [-0.1, -0.05) is 82.7 Å². The molecule has 2 aromatic rings. The van der Waals surface area contributed by atoms with E-state index in [4.69, 9.17) is 4.74 Å². The van der Waals surface area contributed by atoms with Crippen molar-refractivity contribution in [3.8, 4) is 5.75 Å². The Balaban J connectivity index is 1.85. The Bertz CT molecular complexity index is 608. The maximum absolute atomic E-state index is 6.11. The van der Waals surface area contributed by atoms with E-state index in [1.54, 1.807) is 0 Å². The van der Waals surface area contributed by atoms with E-state index >= 15 is 0 Å². The zero-order chi connectivity index (χ0) is 17.7. The fourth-order valence-electron chi connectivity index (χ4n) is 3.25. The van der Waals surface area contributed by atoms with Gasteiger partial charge >= 0.3 is 0 Å². The molecular formula is C23H35NO. The second kappa shape index (κ2) is 11.9. The van der Waals surface area contributed by atoms with E-state index in [9.17, 15) is 0 Å². The van der Waals surface area contributed by atoms with Crippen molar-refractivity contribution in [2.45, 2.75) is 71.8 Å². The van der Waals surface area contributed by atoms with Crippen molar-refractivity contribution in [2.24, 2.45) is 0 Å². The third-order valence-corrected chi connectivity index (χ3v) is 4.72. The molecule has 0 aliphatic heterocycles. The Morgan fingerprint density at radius 3 is 2.24 bits per heavy atom. The minimum absolute atomic E-state index is 0.825. The van der Waals surface area contributed by atoms with Crippen molar-refractivity contribution < 1.29 is 4.74 Å². The lowest BCUT2D eigenvalue weighted by Crippen LogP contribution is -2.14. The lowest BCUT2D eigenvalue weighted by molar-refractivity contribution is 0.307. The molecule has 0 radical (unpaired) electrons. The van der Waals surface area contributed by atoms with Gasteiger partial charge in [-0.05, 0) is 36.4 Å². The first-order chi connectivity index (χ1) is 12.4. The van der Waals surface area contributed by atoms with E-state index in [2.05, 4.69) is 55.6 Å². The van der Waals surface area contributed by atoms with Gasteiger partial charge in [0.2, 0.25) is 0 Å². The summed E-state index contributed by atoms with van der Waals surface area (Å²) in [6, 6.07) is 13.0. The molecule has 0 spiro atoms. The molecule has 0 aliphatic rings. The van der Waals surface area contributed by atoms with E-state index < -0.39 is 0 Å². The molecule has 0 saturated carbocycles. The minimum atomic E-state index is 0.825. The van der Waals surface area contributed by atoms with Gasteiger partial charge < -0.3 is 10.1 Å². The monoisotopic (exact) mass is 341 g/mol. The molecule has 25 heavy (non-hydrogen) atoms. The Morgan fingerprint density at radius 2 is 1.48 bits per heavy atom. The van der Waals surface area contributed by atoms with Crippen LogP contribution in [0, 0.1) is 0 Å². The molecule has 2 rings (SSSR count). The summed E-state index contributed by atoms with van der Waals surface area (Å²) in [6.45, 7) is 7.28. The first-order valence-electron chi connectivity index (χ1n) is 10.2. The average molecular weight is 342 g/mol. The van der Waals surface area contributed by atoms with Crippen molar-refractivity contribution in [3.05, 3.63) is 42.0 Å². The Kier molecular flexibility index (Phi) is 9.43. The van der Waals surface area contributed by atoms with E-state index in [1.807, 2.05) is 0 Å². The van der Waals surface area contributed by atoms with E-state index in [0.29, 0.717) is 0 Å². The molecule has 0 heterocycles. The van der Waals surface area contributed by atoms with Crippen molar-refractivity contribution >= 4 is 10.8 Å². The largest absolute Gasteiger partial charge is 0.493 e. The topological polar surface area (TPSA) is 21.3 Å². The molecule has 0 fully saturated rings. The highest BCUT2D eigenvalue weighted by molar-refractivity contribution is 5.91. The van der Waals surface area contributed by atoms with Gasteiger partial charge in [-0.3, -0.25) is 0 Å². The van der Waals surface area contributed by atoms with Crippen LogP contribution >= 0.6 is 0 Å². The number of fused-ring (bicyclic) bond motifs is 1. The summed E-state index contributed by atoms with van der Waals surface area (Å²) >= 11 is 0. The number of ether oxygens (including phenoxy) is 1. The fourth-order valence-corrected chi connectivity index (χ4v) is 3.25. The third kappa shape index (κ3) is 6.70. The van der Waals surface area contributed by atoms with Crippen LogP contribution in [0.2, 0.25) is 0 Å². The molecular weight excluding hydrogens is 306 g/mol. The maximum atomic E-state index is 6.11. The van der Waals surface area contributed by atoms with Crippen LogP contribution in [0.3, 0.4) is 0 Å². The van der Waals surface area contributed by atoms with Gasteiger partial charge in [-0.25, -0.2) is 0 Å². The highest BCUT2D eigenvalue weighted by Crippen LogP contribution is 2.28. The van der Waals surface area contributed by atoms with Gasteiger partial charge in [-0.15, -0.1) is 0 Å². The normalized spacial score (nSPS) is 11.1. The Hall–Kier alpha value is -1.54. The number of hydrogen-bond acceptors (Lipinski definition) is 2. The molecule has 1 N–H and O–H groups in total. The lowest BCUT2D eigenvalue weighted by atomic mass is 10.0. The molecule has 0 unspecified atom stereocenters. The van der Waals surface area contributed by atoms with Crippen LogP contribution < -0.4 is 10.1 Å². The molecule has 0 aromatic heterocycles. The summed E-state index contributed by atoms with van der Waals surface area (Å²) in [5.74, 6) is 1.03. The van der Waals surface area contributed by atoms with Gasteiger partial charge in [0, 0.05) is 11.9 Å². The zero-order valence-electron chi connectivity index (χ0n) is 16.2. The van der Waals surface area contributed by atoms with Gasteiger partial charge in [0.15, 0.2) is 0 Å². The fraction of sp³-hybridized carbons (Fsp3) is 0.565. The SMILES string of the molecule is CCCCCCCCCOc1ccc(CNCCC)c2ccccc12. The number of benzene rings is 2. The summed E-state index contributed by atoms with van der Waals surface area (Å²) < 4.78 is 6.11. The lowest BCUT2D eigenvalue weighted by Gasteiger charge is -2.13. The van der Waals surface area contributed by atoms with Crippen molar-refractivity contribution in [3.63, 3.8) is 0 Å². The van der Waals surface area contributed by atoms with E-state index in [0.717, 1.165) is 38.3 Å². The van der Waals surface area contributed by atoms with Crippen LogP contribution in [0.15, 0.2) is 36.4 Å². The molecule has 0 aliphatic carbocycles. The van der Waals surface area contributed by atoms with Crippen LogP contribution in [-0.4, -0.2) is 13.2 Å². The van der Waals surface area contributed by atoms with Gasteiger partial charge in [-0.2, -0.15) is 0 Å². The van der Waals surface area contributed by atoms with E-state index in [1.165, 1.54) is 54.9 Å². The molecule has 0 amide bonds. The van der Waals surface area contributed by atoms with Crippen LogP contribution in [0.25, 0.3) is 10.8 Å². The molecule has 0 saturated heterocycles. The van der Waals surface area contributed by atoms with E-state index in [-0.39, 0.29) is 0 Å². The molecule has 0 bridgehead atoms. The van der Waals surface area contributed by atoms with Crippen LogP contribution in [-0.2, 0) is 6.54 Å². The minimum Gasteiger partial charge on any atom is -0.493 e. The maximum Gasteiger partial charge on any atom is 0.127 e. The zero-order valence-corrected chi connectivity index (χ0v) is 16.2. The van der Waals surface area contributed by atoms with Gasteiger partial charge in [0.25, 0.3) is 0 Å². The van der Waals surface area contributed by atoms with Crippen LogP contribution in [0.4, 0.5) is 0 Å². The number of unbranched alkanes of at least 4 members (excludes halogenated alkanes) is 6. The van der Waals surface area contributed by atoms with Gasteiger partial charge in [0.05, 0.1) is 6.61 Å². The molecule has 2 heteroatoms. The summed E-state index contributed by atoms with van der Waals surface area (Å²) in [5.41, 5.74) is 1.35. The smallest absolute Gasteiger partial charge is 0.127 e. The van der Waals surface area contributed by atoms with Crippen molar-refractivity contribution in [1.82, 2.24) is 5.32 Å². The molecule has 138 valence electrons. The highest BCUT2D eigenvalue weighted by atomic mass is 16.5. The third-order valence-electron chi connectivity index (χ3n) is 4.72. The number of hydrogen-bond donors (Lipinski definition) is 1. The first kappa shape index (κ1) is 19.8. The molecule has 2 aromatic carbocycles. The second-order valence-electron chi connectivity index (χ2n) is 6.91. The Labute approximate surface area is 154 Å². The van der Waals surface area contributed by atoms with Crippen molar-refractivity contribution in [1.29, 1.82) is 0 Å². The molecule has 2 nitrogen and oxygen atoms in total. The second-order valence-corrected chi connectivity index (χ2v) is 6.91. The van der Waals surface area contributed by atoms with Crippen LogP contribution in [0.1, 0.15) is 70.8 Å². The van der Waals surface area contributed by atoms with Crippen molar-refractivity contribution in [2.75, 3.05) is 13.2 Å². The molecule has 0 atom stereocenters. The first-order valence-corrected chi connectivity index (χ1v) is 10.2. The number of rotatable bonds is 13. The predicted molar refractivity (Wildman–Crippen MR) is 109 cm³/mol. The summed E-state index contributed by atoms with van der Waals surface area (Å²) in [5, 5.41) is 6.05.